The highest BCUT2D eigenvalue weighted by atomic mass is 16.5. The van der Waals surface area contributed by atoms with E-state index in [2.05, 4.69) is 9.97 Å². The Morgan fingerprint density at radius 2 is 2.40 bits per heavy atom. The summed E-state index contributed by atoms with van der Waals surface area (Å²) in [5.41, 5.74) is 0.461. The van der Waals surface area contributed by atoms with Gasteiger partial charge >= 0.3 is 0 Å². The van der Waals surface area contributed by atoms with E-state index in [9.17, 15) is 4.79 Å². The van der Waals surface area contributed by atoms with Gasteiger partial charge in [-0.25, -0.2) is 9.97 Å². The van der Waals surface area contributed by atoms with E-state index in [-0.39, 0.29) is 6.10 Å². The summed E-state index contributed by atoms with van der Waals surface area (Å²) in [4.78, 5) is 19.1. The molecule has 0 aromatic carbocycles. The van der Waals surface area contributed by atoms with E-state index in [0.29, 0.717) is 17.7 Å². The van der Waals surface area contributed by atoms with Crippen molar-refractivity contribution in [2.24, 2.45) is 0 Å². The quantitative estimate of drug-likeness (QED) is 0.682. The first-order valence-electron chi connectivity index (χ1n) is 5.30. The zero-order valence-corrected chi connectivity index (χ0v) is 8.30. The van der Waals surface area contributed by atoms with Crippen molar-refractivity contribution >= 4 is 6.29 Å². The van der Waals surface area contributed by atoms with Gasteiger partial charge in [0.15, 0.2) is 6.29 Å². The van der Waals surface area contributed by atoms with Gasteiger partial charge < -0.3 is 4.74 Å². The summed E-state index contributed by atoms with van der Waals surface area (Å²) in [6.07, 6.45) is 6.35. The molecule has 3 atom stereocenters. The number of ether oxygens (including phenoxy) is 1. The molecule has 1 aromatic rings. The van der Waals surface area contributed by atoms with Gasteiger partial charge in [0, 0.05) is 12.1 Å². The van der Waals surface area contributed by atoms with Crippen LogP contribution in [0.4, 0.5) is 0 Å². The van der Waals surface area contributed by atoms with Crippen LogP contribution in [0, 0.1) is 0 Å². The lowest BCUT2D eigenvalue weighted by Gasteiger charge is -2.16. The highest BCUT2D eigenvalue weighted by molar-refractivity contribution is 5.71. The fraction of sp³-hybridized carbons (Fsp3) is 0.545. The molecule has 3 heterocycles. The molecule has 3 rings (SSSR count). The number of aldehydes is 1. The van der Waals surface area contributed by atoms with Crippen molar-refractivity contribution in [1.82, 2.24) is 9.97 Å². The van der Waals surface area contributed by atoms with E-state index in [0.717, 1.165) is 31.4 Å². The van der Waals surface area contributed by atoms with Crippen LogP contribution < -0.4 is 0 Å². The molecular weight excluding hydrogens is 192 g/mol. The summed E-state index contributed by atoms with van der Waals surface area (Å²) in [7, 11) is 0. The summed E-state index contributed by atoms with van der Waals surface area (Å²) in [5.74, 6) is 1.07. The van der Waals surface area contributed by atoms with Crippen LogP contribution in [0.5, 0.6) is 0 Å². The molecule has 0 spiro atoms. The van der Waals surface area contributed by atoms with Crippen molar-refractivity contribution in [3.8, 4) is 0 Å². The molecular formula is C11H12N2O2. The zero-order chi connectivity index (χ0) is 10.3. The SMILES string of the molecule is O=Cc1ccnc(C2CC3CCC2O3)n1. The molecule has 2 aliphatic rings. The average molecular weight is 204 g/mol. The van der Waals surface area contributed by atoms with Crippen molar-refractivity contribution in [2.45, 2.75) is 37.4 Å². The van der Waals surface area contributed by atoms with Crippen molar-refractivity contribution in [3.05, 3.63) is 23.8 Å². The van der Waals surface area contributed by atoms with Crippen LogP contribution in [0.2, 0.25) is 0 Å². The summed E-state index contributed by atoms with van der Waals surface area (Å²) in [6, 6.07) is 1.63. The van der Waals surface area contributed by atoms with Gasteiger partial charge in [-0.3, -0.25) is 4.79 Å². The fourth-order valence-electron chi connectivity index (χ4n) is 2.54. The van der Waals surface area contributed by atoms with Crippen LogP contribution in [0.1, 0.15) is 41.5 Å². The first kappa shape index (κ1) is 8.97. The van der Waals surface area contributed by atoms with Crippen LogP contribution in [0.3, 0.4) is 0 Å². The molecule has 1 aromatic heterocycles. The smallest absolute Gasteiger partial charge is 0.168 e. The standard InChI is InChI=1S/C11H12N2O2/c14-6-7-3-4-12-11(13-7)9-5-8-1-2-10(9)15-8/h3-4,6,8-10H,1-2,5H2. The molecule has 2 bridgehead atoms. The molecule has 4 nitrogen and oxygen atoms in total. The first-order valence-corrected chi connectivity index (χ1v) is 5.30. The largest absolute Gasteiger partial charge is 0.374 e. The normalized spacial score (nSPS) is 33.2. The fourth-order valence-corrected chi connectivity index (χ4v) is 2.54. The third-order valence-electron chi connectivity index (χ3n) is 3.25. The van der Waals surface area contributed by atoms with Gasteiger partial charge in [0.05, 0.1) is 12.2 Å². The molecule has 2 aliphatic heterocycles. The Balaban J connectivity index is 1.89. The number of aromatic nitrogens is 2. The Morgan fingerprint density at radius 3 is 3.07 bits per heavy atom. The van der Waals surface area contributed by atoms with E-state index < -0.39 is 0 Å². The Hall–Kier alpha value is -1.29. The number of fused-ring (bicyclic) bond motifs is 2. The van der Waals surface area contributed by atoms with Crippen molar-refractivity contribution in [1.29, 1.82) is 0 Å². The predicted molar refractivity (Wildman–Crippen MR) is 52.7 cm³/mol. The van der Waals surface area contributed by atoms with Crippen LogP contribution in [0.25, 0.3) is 0 Å². The van der Waals surface area contributed by atoms with Gasteiger partial charge in [0.1, 0.15) is 11.5 Å². The van der Waals surface area contributed by atoms with E-state index in [1.165, 1.54) is 0 Å². The number of hydrogen-bond acceptors (Lipinski definition) is 4. The molecule has 2 saturated heterocycles. The van der Waals surface area contributed by atoms with E-state index >= 15 is 0 Å². The monoisotopic (exact) mass is 204 g/mol. The minimum Gasteiger partial charge on any atom is -0.374 e. The van der Waals surface area contributed by atoms with Gasteiger partial charge in [-0.2, -0.15) is 0 Å². The minimum absolute atomic E-state index is 0.275. The number of carbonyl (C=O) groups is 1. The second-order valence-corrected chi connectivity index (χ2v) is 4.17. The van der Waals surface area contributed by atoms with Gasteiger partial charge in [-0.1, -0.05) is 0 Å². The van der Waals surface area contributed by atoms with Crippen molar-refractivity contribution < 1.29 is 9.53 Å². The number of rotatable bonds is 2. The van der Waals surface area contributed by atoms with E-state index in [1.807, 2.05) is 0 Å². The van der Waals surface area contributed by atoms with Crippen LogP contribution in [0.15, 0.2) is 12.3 Å². The second kappa shape index (κ2) is 3.38. The maximum absolute atomic E-state index is 10.6. The molecule has 0 aliphatic carbocycles. The number of nitrogens with zero attached hydrogens (tertiary/aromatic N) is 2. The van der Waals surface area contributed by atoms with Crippen molar-refractivity contribution in [3.63, 3.8) is 0 Å². The lowest BCUT2D eigenvalue weighted by atomic mass is 9.88. The highest BCUT2D eigenvalue weighted by Gasteiger charge is 2.42. The molecule has 0 amide bonds. The molecule has 0 saturated carbocycles. The lowest BCUT2D eigenvalue weighted by Crippen LogP contribution is -2.17. The molecule has 78 valence electrons. The third-order valence-corrected chi connectivity index (χ3v) is 3.25. The van der Waals surface area contributed by atoms with Crippen molar-refractivity contribution in [2.75, 3.05) is 0 Å². The second-order valence-electron chi connectivity index (χ2n) is 4.17. The molecule has 2 fully saturated rings. The number of carbonyl (C=O) groups excluding carboxylic acids is 1. The molecule has 15 heavy (non-hydrogen) atoms. The predicted octanol–water partition coefficient (Wildman–Crippen LogP) is 1.32. The summed E-state index contributed by atoms with van der Waals surface area (Å²) >= 11 is 0. The summed E-state index contributed by atoms with van der Waals surface area (Å²) < 4.78 is 5.74. The minimum atomic E-state index is 0.275. The van der Waals surface area contributed by atoms with Crippen LogP contribution in [-0.4, -0.2) is 28.5 Å². The van der Waals surface area contributed by atoms with Crippen LogP contribution >= 0.6 is 0 Å². The van der Waals surface area contributed by atoms with Gasteiger partial charge in [0.2, 0.25) is 0 Å². The summed E-state index contributed by atoms with van der Waals surface area (Å²) in [5, 5.41) is 0. The van der Waals surface area contributed by atoms with E-state index in [4.69, 9.17) is 4.74 Å². The molecule has 3 unspecified atom stereocenters. The maximum Gasteiger partial charge on any atom is 0.168 e. The third kappa shape index (κ3) is 1.45. The molecule has 4 heteroatoms. The maximum atomic E-state index is 10.6. The highest BCUT2D eigenvalue weighted by Crippen LogP contribution is 2.43. The lowest BCUT2D eigenvalue weighted by molar-refractivity contribution is 0.0997. The van der Waals surface area contributed by atoms with Gasteiger partial charge in [0.25, 0.3) is 0 Å². The Bertz CT molecular complexity index is 394. The Labute approximate surface area is 87.7 Å². The number of hydrogen-bond donors (Lipinski definition) is 0. The molecule has 0 N–H and O–H groups in total. The van der Waals surface area contributed by atoms with Gasteiger partial charge in [-0.15, -0.1) is 0 Å². The topological polar surface area (TPSA) is 52.1 Å². The Morgan fingerprint density at radius 1 is 1.47 bits per heavy atom. The molecule has 0 radical (unpaired) electrons. The average Bonchev–Trinajstić information content (AvgIpc) is 2.91. The van der Waals surface area contributed by atoms with E-state index in [1.54, 1.807) is 12.3 Å². The first-order chi connectivity index (χ1) is 7.36. The summed E-state index contributed by atoms with van der Waals surface area (Å²) in [6.45, 7) is 0. The van der Waals surface area contributed by atoms with Gasteiger partial charge in [-0.05, 0) is 25.3 Å². The van der Waals surface area contributed by atoms with Crippen LogP contribution in [-0.2, 0) is 4.74 Å². The zero-order valence-electron chi connectivity index (χ0n) is 8.30. The Kier molecular flexibility index (Phi) is 2.02.